The minimum atomic E-state index is -0.115. The fraction of sp³-hybridized carbons (Fsp3) is 0.308. The largest absolute Gasteiger partial charge is 0.397 e. The van der Waals surface area contributed by atoms with Crippen molar-refractivity contribution in [1.29, 1.82) is 0 Å². The van der Waals surface area contributed by atoms with Crippen LogP contribution in [0.2, 0.25) is 5.02 Å². The molecule has 0 unspecified atom stereocenters. The van der Waals surface area contributed by atoms with Crippen LogP contribution in [0, 0.1) is 0 Å². The average Bonchev–Trinajstić information content (AvgIpc) is 2.28. The van der Waals surface area contributed by atoms with E-state index in [0.29, 0.717) is 29.4 Å². The summed E-state index contributed by atoms with van der Waals surface area (Å²) in [6.07, 6.45) is 0. The Morgan fingerprint density at radius 1 is 1.53 bits per heavy atom. The van der Waals surface area contributed by atoms with E-state index >= 15 is 0 Å². The zero-order valence-corrected chi connectivity index (χ0v) is 10.9. The van der Waals surface area contributed by atoms with Gasteiger partial charge in [0, 0.05) is 13.1 Å². The van der Waals surface area contributed by atoms with Crippen LogP contribution in [0.25, 0.3) is 0 Å². The summed E-state index contributed by atoms with van der Waals surface area (Å²) in [7, 11) is 0. The van der Waals surface area contributed by atoms with Crippen LogP contribution in [0.1, 0.15) is 24.2 Å². The second-order valence-corrected chi connectivity index (χ2v) is 4.38. The van der Waals surface area contributed by atoms with Crippen molar-refractivity contribution in [1.82, 2.24) is 4.90 Å². The summed E-state index contributed by atoms with van der Waals surface area (Å²) < 4.78 is 0. The highest BCUT2D eigenvalue weighted by molar-refractivity contribution is 6.33. The van der Waals surface area contributed by atoms with Crippen LogP contribution in [-0.4, -0.2) is 23.9 Å². The van der Waals surface area contributed by atoms with E-state index in [0.717, 1.165) is 5.57 Å². The molecule has 17 heavy (non-hydrogen) atoms. The molecular formula is C13H17ClN2O. The Morgan fingerprint density at radius 2 is 2.18 bits per heavy atom. The molecule has 1 aromatic carbocycles. The molecule has 0 radical (unpaired) electrons. The number of likely N-dealkylation sites (N-methyl/N-ethyl adjacent to an activating group) is 1. The van der Waals surface area contributed by atoms with Gasteiger partial charge < -0.3 is 10.6 Å². The molecule has 0 atom stereocenters. The number of anilines is 1. The Kier molecular flexibility index (Phi) is 4.58. The van der Waals surface area contributed by atoms with E-state index in [2.05, 4.69) is 6.58 Å². The van der Waals surface area contributed by atoms with Gasteiger partial charge in [0.25, 0.3) is 5.91 Å². The first-order valence-electron chi connectivity index (χ1n) is 5.45. The van der Waals surface area contributed by atoms with E-state index in [4.69, 9.17) is 17.3 Å². The minimum absolute atomic E-state index is 0.115. The highest BCUT2D eigenvalue weighted by Crippen LogP contribution is 2.23. The second-order valence-electron chi connectivity index (χ2n) is 3.98. The van der Waals surface area contributed by atoms with Gasteiger partial charge in [-0.05, 0) is 26.0 Å². The summed E-state index contributed by atoms with van der Waals surface area (Å²) >= 11 is 5.90. The lowest BCUT2D eigenvalue weighted by Gasteiger charge is -2.21. The van der Waals surface area contributed by atoms with E-state index in [9.17, 15) is 4.79 Å². The third-order valence-electron chi connectivity index (χ3n) is 2.41. The molecule has 92 valence electrons. The maximum absolute atomic E-state index is 12.2. The Labute approximate surface area is 107 Å². The number of para-hydroxylation sites is 1. The van der Waals surface area contributed by atoms with E-state index in [1.165, 1.54) is 0 Å². The lowest BCUT2D eigenvalue weighted by atomic mass is 10.1. The SMILES string of the molecule is C=C(C)CN(CC)C(=O)c1cccc(Cl)c1N. The molecule has 0 fully saturated rings. The smallest absolute Gasteiger partial charge is 0.256 e. The zero-order chi connectivity index (χ0) is 13.0. The van der Waals surface area contributed by atoms with Gasteiger partial charge in [-0.2, -0.15) is 0 Å². The summed E-state index contributed by atoms with van der Waals surface area (Å²) in [4.78, 5) is 13.9. The van der Waals surface area contributed by atoms with Gasteiger partial charge in [0.2, 0.25) is 0 Å². The van der Waals surface area contributed by atoms with Gasteiger partial charge in [0.15, 0.2) is 0 Å². The molecule has 0 saturated carbocycles. The Hall–Kier alpha value is -1.48. The second kappa shape index (κ2) is 5.73. The molecule has 0 aliphatic carbocycles. The molecular weight excluding hydrogens is 236 g/mol. The van der Waals surface area contributed by atoms with Gasteiger partial charge >= 0.3 is 0 Å². The van der Waals surface area contributed by atoms with Gasteiger partial charge in [-0.15, -0.1) is 0 Å². The number of nitrogen functional groups attached to an aromatic ring is 1. The number of nitrogens with two attached hydrogens (primary N) is 1. The van der Waals surface area contributed by atoms with Gasteiger partial charge in [0.05, 0.1) is 16.3 Å². The third kappa shape index (κ3) is 3.24. The van der Waals surface area contributed by atoms with Crippen LogP contribution >= 0.6 is 11.6 Å². The molecule has 0 spiro atoms. The normalized spacial score (nSPS) is 10.1. The van der Waals surface area contributed by atoms with Crippen molar-refractivity contribution in [2.45, 2.75) is 13.8 Å². The Morgan fingerprint density at radius 3 is 2.71 bits per heavy atom. The van der Waals surface area contributed by atoms with Crippen LogP contribution in [-0.2, 0) is 0 Å². The summed E-state index contributed by atoms with van der Waals surface area (Å²) in [6.45, 7) is 8.75. The highest BCUT2D eigenvalue weighted by Gasteiger charge is 2.17. The highest BCUT2D eigenvalue weighted by atomic mass is 35.5. The number of hydrogen-bond acceptors (Lipinski definition) is 2. The molecule has 0 saturated heterocycles. The average molecular weight is 253 g/mol. The van der Waals surface area contributed by atoms with Gasteiger partial charge in [-0.3, -0.25) is 4.79 Å². The van der Waals surface area contributed by atoms with Crippen molar-refractivity contribution in [3.8, 4) is 0 Å². The molecule has 4 heteroatoms. The monoisotopic (exact) mass is 252 g/mol. The lowest BCUT2D eigenvalue weighted by Crippen LogP contribution is -2.32. The molecule has 1 aromatic rings. The van der Waals surface area contributed by atoms with Crippen LogP contribution < -0.4 is 5.73 Å². The Bertz CT molecular complexity index is 443. The molecule has 0 aliphatic rings. The number of carbonyl (C=O) groups excluding carboxylic acids is 1. The number of hydrogen-bond donors (Lipinski definition) is 1. The predicted molar refractivity (Wildman–Crippen MR) is 72.3 cm³/mol. The molecule has 0 heterocycles. The molecule has 0 aliphatic heterocycles. The number of benzene rings is 1. The van der Waals surface area contributed by atoms with Crippen LogP contribution in [0.3, 0.4) is 0 Å². The number of amides is 1. The topological polar surface area (TPSA) is 46.3 Å². The Balaban J connectivity index is 3.02. The first-order valence-corrected chi connectivity index (χ1v) is 5.82. The van der Waals surface area contributed by atoms with Crippen molar-refractivity contribution < 1.29 is 4.79 Å². The summed E-state index contributed by atoms with van der Waals surface area (Å²) in [5, 5.41) is 0.405. The first kappa shape index (κ1) is 13.6. The predicted octanol–water partition coefficient (Wildman–Crippen LogP) is 2.96. The van der Waals surface area contributed by atoms with Crippen molar-refractivity contribution in [2.75, 3.05) is 18.8 Å². The third-order valence-corrected chi connectivity index (χ3v) is 2.74. The van der Waals surface area contributed by atoms with Crippen LogP contribution in [0.15, 0.2) is 30.4 Å². The molecule has 2 N–H and O–H groups in total. The van der Waals surface area contributed by atoms with E-state index in [1.807, 2.05) is 13.8 Å². The maximum Gasteiger partial charge on any atom is 0.256 e. The maximum atomic E-state index is 12.2. The van der Waals surface area contributed by atoms with Gasteiger partial charge in [0.1, 0.15) is 0 Å². The number of halogens is 1. The molecule has 1 amide bonds. The molecule has 0 bridgehead atoms. The summed E-state index contributed by atoms with van der Waals surface area (Å²) in [5.74, 6) is -0.115. The number of nitrogens with zero attached hydrogens (tertiary/aromatic N) is 1. The summed E-state index contributed by atoms with van der Waals surface area (Å²) in [5.41, 5.74) is 7.51. The van der Waals surface area contributed by atoms with Crippen LogP contribution in [0.5, 0.6) is 0 Å². The van der Waals surface area contributed by atoms with E-state index < -0.39 is 0 Å². The quantitative estimate of drug-likeness (QED) is 0.662. The molecule has 0 aromatic heterocycles. The number of rotatable bonds is 4. The van der Waals surface area contributed by atoms with Crippen molar-refractivity contribution in [2.24, 2.45) is 0 Å². The van der Waals surface area contributed by atoms with Crippen molar-refractivity contribution in [3.05, 3.63) is 40.9 Å². The minimum Gasteiger partial charge on any atom is -0.397 e. The molecule has 1 rings (SSSR count). The fourth-order valence-corrected chi connectivity index (χ4v) is 1.72. The zero-order valence-electron chi connectivity index (χ0n) is 10.2. The number of carbonyl (C=O) groups is 1. The first-order chi connectivity index (χ1) is 7.97. The lowest BCUT2D eigenvalue weighted by molar-refractivity contribution is 0.0779. The van der Waals surface area contributed by atoms with E-state index in [1.54, 1.807) is 23.1 Å². The summed E-state index contributed by atoms with van der Waals surface area (Å²) in [6, 6.07) is 5.08. The molecule has 3 nitrogen and oxygen atoms in total. The van der Waals surface area contributed by atoms with Crippen molar-refractivity contribution >= 4 is 23.2 Å². The van der Waals surface area contributed by atoms with Gasteiger partial charge in [-0.25, -0.2) is 0 Å². The van der Waals surface area contributed by atoms with Crippen molar-refractivity contribution in [3.63, 3.8) is 0 Å². The fourth-order valence-electron chi connectivity index (χ4n) is 1.55. The van der Waals surface area contributed by atoms with Gasteiger partial charge in [-0.1, -0.05) is 29.8 Å². The van der Waals surface area contributed by atoms with E-state index in [-0.39, 0.29) is 5.91 Å². The van der Waals surface area contributed by atoms with Crippen LogP contribution in [0.4, 0.5) is 5.69 Å². The standard InChI is InChI=1S/C13H17ClN2O/c1-4-16(8-9(2)3)13(17)10-6-5-7-11(14)12(10)15/h5-7H,2,4,8,15H2,1,3H3.